The molecule has 0 aromatic carbocycles. The van der Waals surface area contributed by atoms with Crippen LogP contribution in [0.4, 0.5) is 8.78 Å². The summed E-state index contributed by atoms with van der Waals surface area (Å²) in [5, 5.41) is 8.39. The first-order valence-electron chi connectivity index (χ1n) is 2.27. The van der Waals surface area contributed by atoms with Crippen LogP contribution in [0.15, 0.2) is 0 Å². The molecule has 3 N–H and O–H groups in total. The van der Waals surface area contributed by atoms with Gasteiger partial charge in [0.2, 0.25) is 0 Å². The second kappa shape index (κ2) is 4.90. The quantitative estimate of drug-likeness (QED) is 0.615. The van der Waals surface area contributed by atoms with Crippen molar-refractivity contribution < 1.29 is 13.9 Å². The van der Waals surface area contributed by atoms with Crippen LogP contribution in [-0.4, -0.2) is 23.7 Å². The highest BCUT2D eigenvalue weighted by Gasteiger charge is 2.19. The van der Waals surface area contributed by atoms with Crippen molar-refractivity contribution in [3.05, 3.63) is 0 Å². The highest BCUT2D eigenvalue weighted by atomic mass is 35.5. The third-order valence-electron chi connectivity index (χ3n) is 0.848. The molecule has 0 radical (unpaired) electrons. The third kappa shape index (κ3) is 4.57. The first-order valence-corrected chi connectivity index (χ1v) is 2.27. The number of rotatable bonds is 2. The van der Waals surface area contributed by atoms with Crippen molar-refractivity contribution >= 4 is 12.4 Å². The second-order valence-corrected chi connectivity index (χ2v) is 1.65. The molecule has 0 saturated carbocycles. The van der Waals surface area contributed by atoms with E-state index in [1.54, 1.807) is 0 Å². The lowest BCUT2D eigenvalue weighted by atomic mass is 10.2. The van der Waals surface area contributed by atoms with Gasteiger partial charge in [0, 0.05) is 0 Å². The topological polar surface area (TPSA) is 46.2 Å². The summed E-state index contributed by atoms with van der Waals surface area (Å²) in [6, 6.07) is -1.41. The van der Waals surface area contributed by atoms with E-state index in [0.717, 1.165) is 0 Å². The second-order valence-electron chi connectivity index (χ2n) is 1.65. The number of aliphatic hydroxyl groups excluding tert-OH is 1. The smallest absolute Gasteiger partial charge is 0.255 e. The Morgan fingerprint density at radius 3 is 1.78 bits per heavy atom. The minimum atomic E-state index is -2.63. The van der Waals surface area contributed by atoms with Crippen molar-refractivity contribution in [2.24, 2.45) is 5.73 Å². The van der Waals surface area contributed by atoms with Gasteiger partial charge in [0.15, 0.2) is 0 Å². The van der Waals surface area contributed by atoms with Crippen molar-refractivity contribution in [2.75, 3.05) is 0 Å². The molecule has 0 aliphatic heterocycles. The lowest BCUT2D eigenvalue weighted by Crippen LogP contribution is -2.38. The molecule has 58 valence electrons. The van der Waals surface area contributed by atoms with Gasteiger partial charge < -0.3 is 10.8 Å². The summed E-state index contributed by atoms with van der Waals surface area (Å²) in [6.07, 6.45) is -3.76. The van der Waals surface area contributed by atoms with Crippen LogP contribution in [-0.2, 0) is 0 Å². The van der Waals surface area contributed by atoms with E-state index in [9.17, 15) is 8.78 Å². The number of aliphatic hydroxyl groups is 1. The van der Waals surface area contributed by atoms with Gasteiger partial charge in [-0.2, -0.15) is 0 Å². The van der Waals surface area contributed by atoms with Crippen molar-refractivity contribution in [1.29, 1.82) is 0 Å². The van der Waals surface area contributed by atoms with E-state index < -0.39 is 18.6 Å². The Hall–Kier alpha value is 0.0700. The van der Waals surface area contributed by atoms with Crippen molar-refractivity contribution in [3.63, 3.8) is 0 Å². The van der Waals surface area contributed by atoms with Crippen LogP contribution in [0.25, 0.3) is 0 Å². The fourth-order valence-corrected chi connectivity index (χ4v) is 0.211. The summed E-state index contributed by atoms with van der Waals surface area (Å²) >= 11 is 0. The number of alkyl halides is 2. The van der Waals surface area contributed by atoms with Gasteiger partial charge in [-0.05, 0) is 6.92 Å². The summed E-state index contributed by atoms with van der Waals surface area (Å²) in [7, 11) is 0. The average Bonchev–Trinajstić information content (AvgIpc) is 1.64. The van der Waals surface area contributed by atoms with Crippen LogP contribution in [0.2, 0.25) is 0 Å². The van der Waals surface area contributed by atoms with E-state index in [4.69, 9.17) is 10.8 Å². The Morgan fingerprint density at radius 2 is 1.78 bits per heavy atom. The van der Waals surface area contributed by atoms with E-state index in [0.29, 0.717) is 0 Å². The van der Waals surface area contributed by atoms with E-state index in [1.807, 2.05) is 0 Å². The van der Waals surface area contributed by atoms with Gasteiger partial charge in [0.05, 0.1) is 12.1 Å². The lowest BCUT2D eigenvalue weighted by Gasteiger charge is -2.11. The van der Waals surface area contributed by atoms with Crippen LogP contribution in [0.3, 0.4) is 0 Å². The Labute approximate surface area is 58.5 Å². The zero-order chi connectivity index (χ0) is 6.73. The molecule has 0 aromatic heterocycles. The third-order valence-corrected chi connectivity index (χ3v) is 0.848. The zero-order valence-electron chi connectivity index (χ0n) is 4.92. The maximum Gasteiger partial charge on any atom is 0.255 e. The summed E-state index contributed by atoms with van der Waals surface area (Å²) in [4.78, 5) is 0. The normalized spacial score (nSPS) is 16.7. The van der Waals surface area contributed by atoms with Gasteiger partial charge in [-0.15, -0.1) is 12.4 Å². The van der Waals surface area contributed by atoms with Gasteiger partial charge in [0.25, 0.3) is 6.43 Å². The molecule has 2 atom stereocenters. The maximum atomic E-state index is 11.4. The number of halogens is 3. The fraction of sp³-hybridized carbons (Fsp3) is 1.00. The minimum absolute atomic E-state index is 0. The molecule has 9 heavy (non-hydrogen) atoms. The molecule has 0 aromatic rings. The largest absolute Gasteiger partial charge is 0.392 e. The Bertz CT molecular complexity index is 63.6. The molecule has 0 saturated heterocycles. The van der Waals surface area contributed by atoms with Crippen LogP contribution < -0.4 is 5.73 Å². The van der Waals surface area contributed by atoms with Gasteiger partial charge in [-0.3, -0.25) is 0 Å². The molecule has 0 aliphatic rings. The molecule has 2 unspecified atom stereocenters. The molecule has 5 heteroatoms. The van der Waals surface area contributed by atoms with E-state index in [2.05, 4.69) is 0 Å². The molecule has 0 spiro atoms. The predicted molar refractivity (Wildman–Crippen MR) is 32.9 cm³/mol. The van der Waals surface area contributed by atoms with Crippen molar-refractivity contribution in [1.82, 2.24) is 0 Å². The van der Waals surface area contributed by atoms with Crippen LogP contribution >= 0.6 is 12.4 Å². The molecule has 0 fully saturated rings. The highest BCUT2D eigenvalue weighted by Crippen LogP contribution is 2.00. The van der Waals surface area contributed by atoms with Crippen LogP contribution in [0.1, 0.15) is 6.92 Å². The van der Waals surface area contributed by atoms with E-state index in [1.165, 1.54) is 6.92 Å². The minimum Gasteiger partial charge on any atom is -0.392 e. The zero-order valence-corrected chi connectivity index (χ0v) is 5.74. The Balaban J connectivity index is 0. The maximum absolute atomic E-state index is 11.4. The molecular weight excluding hydrogens is 151 g/mol. The Morgan fingerprint density at radius 1 is 1.44 bits per heavy atom. The summed E-state index contributed by atoms with van der Waals surface area (Å²) in [6.45, 7) is 1.23. The first-order chi connectivity index (χ1) is 3.55. The monoisotopic (exact) mass is 161 g/mol. The van der Waals surface area contributed by atoms with E-state index in [-0.39, 0.29) is 12.4 Å². The number of nitrogens with two attached hydrogens (primary N) is 1. The Kier molecular flexibility index (Phi) is 6.44. The first kappa shape index (κ1) is 11.8. The molecule has 0 aliphatic carbocycles. The lowest BCUT2D eigenvalue weighted by molar-refractivity contribution is 0.0449. The number of hydrogen-bond acceptors (Lipinski definition) is 2. The fourth-order valence-electron chi connectivity index (χ4n) is 0.211. The van der Waals surface area contributed by atoms with Gasteiger partial charge in [0.1, 0.15) is 0 Å². The standard InChI is InChI=1S/C4H9F2NO.ClH/c1-2(8)3(7)4(5)6;/h2-4,8H,7H2,1H3;1H. The van der Waals surface area contributed by atoms with Crippen molar-refractivity contribution in [3.8, 4) is 0 Å². The molecular formula is C4H10ClF2NO. The van der Waals surface area contributed by atoms with Gasteiger partial charge in [-0.1, -0.05) is 0 Å². The van der Waals surface area contributed by atoms with Gasteiger partial charge in [-0.25, -0.2) is 8.78 Å². The average molecular weight is 162 g/mol. The summed E-state index contributed by atoms with van der Waals surface area (Å²) in [5.74, 6) is 0. The molecule has 0 heterocycles. The SMILES string of the molecule is CC(O)C(N)C(F)F.Cl. The predicted octanol–water partition coefficient (Wildman–Crippen LogP) is 0.381. The summed E-state index contributed by atoms with van der Waals surface area (Å²) in [5.41, 5.74) is 4.76. The van der Waals surface area contributed by atoms with Crippen LogP contribution in [0, 0.1) is 0 Å². The molecule has 0 amide bonds. The van der Waals surface area contributed by atoms with Crippen molar-refractivity contribution in [2.45, 2.75) is 25.5 Å². The molecule has 0 bridgehead atoms. The summed E-state index contributed by atoms with van der Waals surface area (Å²) < 4.78 is 22.8. The van der Waals surface area contributed by atoms with E-state index >= 15 is 0 Å². The van der Waals surface area contributed by atoms with Gasteiger partial charge >= 0.3 is 0 Å². The highest BCUT2D eigenvalue weighted by molar-refractivity contribution is 5.85. The molecule has 0 rings (SSSR count). The number of hydrogen-bond donors (Lipinski definition) is 2. The molecule has 2 nitrogen and oxygen atoms in total. The van der Waals surface area contributed by atoms with Crippen LogP contribution in [0.5, 0.6) is 0 Å².